The summed E-state index contributed by atoms with van der Waals surface area (Å²) in [6.45, 7) is 1.77. The van der Waals surface area contributed by atoms with Crippen LogP contribution in [0.2, 0.25) is 0 Å². The van der Waals surface area contributed by atoms with Gasteiger partial charge in [0.25, 0.3) is 5.91 Å². The van der Waals surface area contributed by atoms with E-state index in [-0.39, 0.29) is 5.56 Å². The highest BCUT2D eigenvalue weighted by molar-refractivity contribution is 5.97. The maximum Gasteiger partial charge on any atom is 0.251 e. The number of aryl methyl sites for hydroxylation is 1. The van der Waals surface area contributed by atoms with Crippen molar-refractivity contribution in [3.8, 4) is 22.4 Å². The molecule has 0 saturated carbocycles. The average Bonchev–Trinajstić information content (AvgIpc) is 3.05. The Morgan fingerprint density at radius 1 is 1.08 bits per heavy atom. The molecule has 0 unspecified atom stereocenters. The van der Waals surface area contributed by atoms with Gasteiger partial charge in [-0.1, -0.05) is 17.3 Å². The van der Waals surface area contributed by atoms with Crippen molar-refractivity contribution < 1.29 is 13.7 Å². The Morgan fingerprint density at radius 2 is 1.85 bits per heavy atom. The lowest BCUT2D eigenvalue weighted by Gasteiger charge is -2.10. The predicted molar refractivity (Wildman–Crippen MR) is 95.9 cm³/mol. The van der Waals surface area contributed by atoms with E-state index in [1.165, 1.54) is 6.07 Å². The van der Waals surface area contributed by atoms with Gasteiger partial charge < -0.3 is 10.3 Å². The quantitative estimate of drug-likeness (QED) is 0.605. The maximum atomic E-state index is 14.8. The Labute approximate surface area is 148 Å². The molecule has 1 amide bonds. The summed E-state index contributed by atoms with van der Waals surface area (Å²) in [5.41, 5.74) is 8.83. The standard InChI is InChI=1S/C20H14FN3O2/c1-11-2-4-15(20(22)25)18(21)17(11)13-3-5-14-16(10-13)26-24-19(14)12-6-8-23-9-7-12/h2-10H,1H3,(H2,22,25). The molecule has 0 fully saturated rings. The number of primary amides is 1. The van der Waals surface area contributed by atoms with Gasteiger partial charge in [0, 0.05) is 28.9 Å². The van der Waals surface area contributed by atoms with Crippen LogP contribution >= 0.6 is 0 Å². The number of fused-ring (bicyclic) bond motifs is 1. The maximum absolute atomic E-state index is 14.8. The number of nitrogens with zero attached hydrogens (tertiary/aromatic N) is 2. The largest absolute Gasteiger partial charge is 0.366 e. The van der Waals surface area contributed by atoms with E-state index in [1.54, 1.807) is 37.5 Å². The lowest BCUT2D eigenvalue weighted by atomic mass is 9.96. The molecule has 0 aliphatic rings. The molecule has 2 aromatic heterocycles. The molecule has 5 nitrogen and oxygen atoms in total. The average molecular weight is 347 g/mol. The van der Waals surface area contributed by atoms with E-state index in [0.29, 0.717) is 28.0 Å². The van der Waals surface area contributed by atoms with E-state index in [9.17, 15) is 9.18 Å². The topological polar surface area (TPSA) is 82.0 Å². The van der Waals surface area contributed by atoms with Crippen LogP contribution in [0.25, 0.3) is 33.4 Å². The summed E-state index contributed by atoms with van der Waals surface area (Å²) < 4.78 is 20.2. The summed E-state index contributed by atoms with van der Waals surface area (Å²) in [5, 5.41) is 4.93. The van der Waals surface area contributed by atoms with E-state index in [2.05, 4.69) is 10.1 Å². The van der Waals surface area contributed by atoms with Gasteiger partial charge in [0.2, 0.25) is 0 Å². The predicted octanol–water partition coefficient (Wildman–Crippen LogP) is 4.10. The fourth-order valence-corrected chi connectivity index (χ4v) is 3.03. The van der Waals surface area contributed by atoms with Crippen molar-refractivity contribution >= 4 is 16.9 Å². The molecule has 2 heterocycles. The number of hydrogen-bond donors (Lipinski definition) is 1. The molecule has 2 aromatic carbocycles. The van der Waals surface area contributed by atoms with Crippen LogP contribution < -0.4 is 5.73 Å². The van der Waals surface area contributed by atoms with E-state index < -0.39 is 11.7 Å². The van der Waals surface area contributed by atoms with E-state index in [0.717, 1.165) is 10.9 Å². The zero-order valence-corrected chi connectivity index (χ0v) is 13.9. The number of carbonyl (C=O) groups is 1. The molecular formula is C20H14FN3O2. The molecule has 0 radical (unpaired) electrons. The first kappa shape index (κ1) is 16.0. The second-order valence-electron chi connectivity index (χ2n) is 5.96. The molecule has 0 bridgehead atoms. The summed E-state index contributed by atoms with van der Waals surface area (Å²) in [4.78, 5) is 15.4. The first-order valence-electron chi connectivity index (χ1n) is 7.95. The molecule has 0 aliphatic heterocycles. The van der Waals surface area contributed by atoms with Gasteiger partial charge in [0.05, 0.1) is 5.56 Å². The van der Waals surface area contributed by atoms with Crippen LogP contribution in [0.1, 0.15) is 15.9 Å². The third kappa shape index (κ3) is 2.52. The number of amides is 1. The normalized spacial score (nSPS) is 11.0. The number of rotatable bonds is 3. The van der Waals surface area contributed by atoms with Crippen LogP contribution in [0.15, 0.2) is 59.4 Å². The van der Waals surface area contributed by atoms with Gasteiger partial charge >= 0.3 is 0 Å². The molecule has 6 heteroatoms. The number of nitrogens with two attached hydrogens (primary N) is 1. The fraction of sp³-hybridized carbons (Fsp3) is 0.0500. The number of benzene rings is 2. The van der Waals surface area contributed by atoms with Crippen LogP contribution in [0.5, 0.6) is 0 Å². The van der Waals surface area contributed by atoms with Crippen molar-refractivity contribution in [1.29, 1.82) is 0 Å². The van der Waals surface area contributed by atoms with Crippen LogP contribution in [0.3, 0.4) is 0 Å². The van der Waals surface area contributed by atoms with Gasteiger partial charge in [-0.3, -0.25) is 9.78 Å². The third-order valence-corrected chi connectivity index (χ3v) is 4.33. The summed E-state index contributed by atoms with van der Waals surface area (Å²) in [5.74, 6) is -1.44. The number of halogens is 1. The molecule has 0 atom stereocenters. The molecule has 4 aromatic rings. The Bertz CT molecular complexity index is 1140. The summed E-state index contributed by atoms with van der Waals surface area (Å²) >= 11 is 0. The summed E-state index contributed by atoms with van der Waals surface area (Å²) in [6, 6.07) is 12.1. The van der Waals surface area contributed by atoms with Gasteiger partial charge in [-0.25, -0.2) is 4.39 Å². The molecule has 26 heavy (non-hydrogen) atoms. The molecule has 0 saturated heterocycles. The van der Waals surface area contributed by atoms with Crippen LogP contribution in [-0.4, -0.2) is 16.0 Å². The minimum atomic E-state index is -0.801. The first-order valence-corrected chi connectivity index (χ1v) is 7.95. The van der Waals surface area contributed by atoms with Gasteiger partial charge in [0.1, 0.15) is 11.5 Å². The third-order valence-electron chi connectivity index (χ3n) is 4.33. The monoisotopic (exact) mass is 347 g/mol. The molecule has 0 spiro atoms. The highest BCUT2D eigenvalue weighted by Gasteiger charge is 2.18. The Morgan fingerprint density at radius 3 is 2.58 bits per heavy atom. The van der Waals surface area contributed by atoms with Crippen molar-refractivity contribution in [3.63, 3.8) is 0 Å². The van der Waals surface area contributed by atoms with Crippen molar-refractivity contribution in [3.05, 3.63) is 71.8 Å². The zero-order valence-electron chi connectivity index (χ0n) is 13.9. The molecular weight excluding hydrogens is 333 g/mol. The van der Waals surface area contributed by atoms with Crippen molar-refractivity contribution in [2.75, 3.05) is 0 Å². The van der Waals surface area contributed by atoms with Crippen molar-refractivity contribution in [2.45, 2.75) is 6.92 Å². The van der Waals surface area contributed by atoms with E-state index >= 15 is 0 Å². The highest BCUT2D eigenvalue weighted by Crippen LogP contribution is 2.34. The van der Waals surface area contributed by atoms with Crippen LogP contribution in [0, 0.1) is 12.7 Å². The lowest BCUT2D eigenvalue weighted by Crippen LogP contribution is -2.14. The summed E-state index contributed by atoms with van der Waals surface area (Å²) in [6.07, 6.45) is 3.36. The number of hydrogen-bond acceptors (Lipinski definition) is 4. The second-order valence-corrected chi connectivity index (χ2v) is 5.96. The zero-order chi connectivity index (χ0) is 18.3. The Kier molecular flexibility index (Phi) is 3.73. The van der Waals surface area contributed by atoms with Gasteiger partial charge in [-0.2, -0.15) is 0 Å². The fourth-order valence-electron chi connectivity index (χ4n) is 3.03. The minimum Gasteiger partial charge on any atom is -0.366 e. The molecule has 128 valence electrons. The van der Waals surface area contributed by atoms with Crippen molar-refractivity contribution in [1.82, 2.24) is 10.1 Å². The van der Waals surface area contributed by atoms with Gasteiger partial charge in [-0.05, 0) is 48.4 Å². The first-order chi connectivity index (χ1) is 12.6. The molecule has 4 rings (SSSR count). The Hall–Kier alpha value is -3.54. The second kappa shape index (κ2) is 6.07. The molecule has 2 N–H and O–H groups in total. The van der Waals surface area contributed by atoms with Crippen LogP contribution in [0.4, 0.5) is 4.39 Å². The number of pyridine rings is 1. The summed E-state index contributed by atoms with van der Waals surface area (Å²) in [7, 11) is 0. The Balaban J connectivity index is 1.88. The smallest absolute Gasteiger partial charge is 0.251 e. The number of carbonyl (C=O) groups excluding carboxylic acids is 1. The SMILES string of the molecule is Cc1ccc(C(N)=O)c(F)c1-c1ccc2c(-c3ccncc3)noc2c1. The highest BCUT2D eigenvalue weighted by atomic mass is 19.1. The van der Waals surface area contributed by atoms with E-state index in [1.807, 2.05) is 18.2 Å². The van der Waals surface area contributed by atoms with Gasteiger partial charge in [-0.15, -0.1) is 0 Å². The van der Waals surface area contributed by atoms with Crippen molar-refractivity contribution in [2.24, 2.45) is 5.73 Å². The van der Waals surface area contributed by atoms with Gasteiger partial charge in [0.15, 0.2) is 5.58 Å². The van der Waals surface area contributed by atoms with Crippen LogP contribution in [-0.2, 0) is 0 Å². The number of aromatic nitrogens is 2. The molecule has 0 aliphatic carbocycles. The minimum absolute atomic E-state index is 0.138. The lowest BCUT2D eigenvalue weighted by molar-refractivity contribution is 0.0996. The van der Waals surface area contributed by atoms with E-state index in [4.69, 9.17) is 10.3 Å².